The van der Waals surface area contributed by atoms with E-state index in [1.54, 1.807) is 0 Å². The summed E-state index contributed by atoms with van der Waals surface area (Å²) in [6.45, 7) is 4.20. The van der Waals surface area contributed by atoms with Crippen LogP contribution in [0.15, 0.2) is 12.2 Å². The molecule has 1 fully saturated rings. The van der Waals surface area contributed by atoms with Crippen molar-refractivity contribution in [3.05, 3.63) is 12.2 Å². The van der Waals surface area contributed by atoms with Gasteiger partial charge >= 0.3 is 5.97 Å². The lowest BCUT2D eigenvalue weighted by molar-refractivity contribution is -0.147. The Balaban J connectivity index is 2.16. The summed E-state index contributed by atoms with van der Waals surface area (Å²) in [5, 5.41) is 0. The number of carbonyl (C=O) groups is 1. The van der Waals surface area contributed by atoms with Gasteiger partial charge in [0, 0.05) is 6.54 Å². The third-order valence-electron chi connectivity index (χ3n) is 3.78. The molecule has 17 heavy (non-hydrogen) atoms. The van der Waals surface area contributed by atoms with E-state index in [4.69, 9.17) is 16.3 Å². The summed E-state index contributed by atoms with van der Waals surface area (Å²) in [7, 11) is 1.41. The molecule has 3 nitrogen and oxygen atoms in total. The molecule has 2 bridgehead atoms. The van der Waals surface area contributed by atoms with Crippen LogP contribution in [0.2, 0.25) is 0 Å². The molecule has 0 aromatic carbocycles. The van der Waals surface area contributed by atoms with Crippen molar-refractivity contribution in [3.8, 4) is 0 Å². The molecule has 3 unspecified atom stereocenters. The van der Waals surface area contributed by atoms with Crippen molar-refractivity contribution in [1.82, 2.24) is 4.90 Å². The number of esters is 1. The molecular weight excluding hydrogens is 238 g/mol. The number of methoxy groups -OCH3 is 1. The van der Waals surface area contributed by atoms with Crippen molar-refractivity contribution in [1.29, 1.82) is 0 Å². The van der Waals surface area contributed by atoms with Crippen molar-refractivity contribution < 1.29 is 9.53 Å². The number of alkyl halides is 1. The largest absolute Gasteiger partial charge is 0.468 e. The Hall–Kier alpha value is -0.540. The summed E-state index contributed by atoms with van der Waals surface area (Å²) < 4.78 is 4.87. The molecule has 2 aliphatic heterocycles. The number of ether oxygens (including phenoxy) is 1. The Bertz CT molecular complexity index is 331. The lowest BCUT2D eigenvalue weighted by Crippen LogP contribution is -2.61. The number of hydrogen-bond acceptors (Lipinski definition) is 3. The molecule has 1 aliphatic carbocycles. The SMILES string of the molecule is CCCCN1CC2C=CC1C(Cl)(C(=O)OC)C2. The smallest absolute Gasteiger partial charge is 0.328 e. The quantitative estimate of drug-likeness (QED) is 0.439. The first-order valence-corrected chi connectivity index (χ1v) is 6.69. The lowest BCUT2D eigenvalue weighted by Gasteiger charge is -2.49. The first kappa shape index (κ1) is 12.9. The minimum Gasteiger partial charge on any atom is -0.468 e. The van der Waals surface area contributed by atoms with E-state index in [1.807, 2.05) is 0 Å². The third-order valence-corrected chi connectivity index (χ3v) is 4.31. The normalized spacial score (nSPS) is 36.2. The maximum atomic E-state index is 11.9. The number of piperidine rings is 1. The van der Waals surface area contributed by atoms with Crippen molar-refractivity contribution in [2.24, 2.45) is 5.92 Å². The first-order valence-electron chi connectivity index (χ1n) is 6.31. The van der Waals surface area contributed by atoms with Gasteiger partial charge in [-0.05, 0) is 25.3 Å². The molecule has 0 radical (unpaired) electrons. The molecule has 3 aliphatic rings. The van der Waals surface area contributed by atoms with Gasteiger partial charge in [0.2, 0.25) is 0 Å². The number of carbonyl (C=O) groups excluding carboxylic acids is 1. The summed E-state index contributed by atoms with van der Waals surface area (Å²) in [5.74, 6) is 0.0909. The zero-order chi connectivity index (χ0) is 12.5. The van der Waals surface area contributed by atoms with Gasteiger partial charge < -0.3 is 4.74 Å². The van der Waals surface area contributed by atoms with Crippen LogP contribution in [-0.2, 0) is 9.53 Å². The minimum absolute atomic E-state index is 0.00633. The van der Waals surface area contributed by atoms with Crippen LogP contribution in [0, 0.1) is 5.92 Å². The Kier molecular flexibility index (Phi) is 3.79. The summed E-state index contributed by atoms with van der Waals surface area (Å²) in [6.07, 6.45) is 7.27. The van der Waals surface area contributed by atoms with Crippen LogP contribution in [-0.4, -0.2) is 42.0 Å². The highest BCUT2D eigenvalue weighted by molar-refractivity contribution is 6.35. The molecular formula is C13H20ClNO2. The van der Waals surface area contributed by atoms with Crippen LogP contribution in [0.4, 0.5) is 0 Å². The van der Waals surface area contributed by atoms with Crippen LogP contribution >= 0.6 is 11.6 Å². The standard InChI is InChI=1S/C13H20ClNO2/c1-3-4-7-15-9-10-5-6-11(15)13(14,8-10)12(16)17-2/h5-6,10-11H,3-4,7-9H2,1-2H3. The van der Waals surface area contributed by atoms with Gasteiger partial charge in [0.25, 0.3) is 0 Å². The van der Waals surface area contributed by atoms with E-state index in [9.17, 15) is 4.79 Å². The van der Waals surface area contributed by atoms with E-state index in [-0.39, 0.29) is 12.0 Å². The fraction of sp³-hybridized carbons (Fsp3) is 0.769. The van der Waals surface area contributed by atoms with Crippen LogP contribution in [0.25, 0.3) is 0 Å². The maximum Gasteiger partial charge on any atom is 0.328 e. The molecule has 0 aromatic rings. The van der Waals surface area contributed by atoms with Crippen molar-refractivity contribution in [3.63, 3.8) is 0 Å². The fourth-order valence-corrected chi connectivity index (χ4v) is 3.39. The van der Waals surface area contributed by atoms with E-state index in [1.165, 1.54) is 7.11 Å². The number of unbranched alkanes of at least 4 members (excludes halogenated alkanes) is 1. The molecule has 2 heterocycles. The Morgan fingerprint density at radius 1 is 1.59 bits per heavy atom. The Morgan fingerprint density at radius 2 is 2.35 bits per heavy atom. The predicted octanol–water partition coefficient (Wildman–Crippen LogP) is 2.20. The highest BCUT2D eigenvalue weighted by atomic mass is 35.5. The summed E-state index contributed by atoms with van der Waals surface area (Å²) in [4.78, 5) is 13.3. The van der Waals surface area contributed by atoms with Gasteiger partial charge in [0.1, 0.15) is 0 Å². The van der Waals surface area contributed by atoms with Gasteiger partial charge in [-0.25, -0.2) is 0 Å². The predicted molar refractivity (Wildman–Crippen MR) is 68.1 cm³/mol. The average Bonchev–Trinajstić information content (AvgIpc) is 2.35. The molecule has 0 amide bonds. The second kappa shape index (κ2) is 4.99. The lowest BCUT2D eigenvalue weighted by atomic mass is 9.76. The fourth-order valence-electron chi connectivity index (χ4n) is 2.90. The van der Waals surface area contributed by atoms with Gasteiger partial charge in [-0.15, -0.1) is 11.6 Å². The van der Waals surface area contributed by atoms with E-state index in [0.29, 0.717) is 12.3 Å². The molecule has 3 rings (SSSR count). The highest BCUT2D eigenvalue weighted by Gasteiger charge is 2.53. The van der Waals surface area contributed by atoms with Crippen LogP contribution in [0.5, 0.6) is 0 Å². The highest BCUT2D eigenvalue weighted by Crippen LogP contribution is 2.42. The number of fused-ring (bicyclic) bond motifs is 2. The van der Waals surface area contributed by atoms with Gasteiger partial charge in [-0.3, -0.25) is 9.69 Å². The zero-order valence-electron chi connectivity index (χ0n) is 10.5. The van der Waals surface area contributed by atoms with Crippen molar-refractivity contribution in [2.45, 2.75) is 37.1 Å². The van der Waals surface area contributed by atoms with Gasteiger partial charge in [0.15, 0.2) is 4.87 Å². The van der Waals surface area contributed by atoms with E-state index in [0.717, 1.165) is 25.9 Å². The molecule has 0 aromatic heterocycles. The Labute approximate surface area is 108 Å². The van der Waals surface area contributed by atoms with Gasteiger partial charge in [0.05, 0.1) is 13.2 Å². The molecule has 0 spiro atoms. The van der Waals surface area contributed by atoms with Gasteiger partial charge in [-0.2, -0.15) is 0 Å². The monoisotopic (exact) mass is 257 g/mol. The van der Waals surface area contributed by atoms with Crippen LogP contribution in [0.1, 0.15) is 26.2 Å². The minimum atomic E-state index is -0.875. The third kappa shape index (κ3) is 2.23. The van der Waals surface area contributed by atoms with E-state index in [2.05, 4.69) is 24.0 Å². The number of halogens is 1. The van der Waals surface area contributed by atoms with Crippen LogP contribution in [0.3, 0.4) is 0 Å². The second-order valence-electron chi connectivity index (χ2n) is 5.00. The maximum absolute atomic E-state index is 11.9. The number of rotatable bonds is 4. The summed E-state index contributed by atoms with van der Waals surface area (Å²) in [6, 6.07) is -0.00633. The number of nitrogens with zero attached hydrogens (tertiary/aromatic N) is 1. The number of hydrogen-bond donors (Lipinski definition) is 0. The molecule has 96 valence electrons. The van der Waals surface area contributed by atoms with E-state index >= 15 is 0 Å². The molecule has 1 saturated heterocycles. The molecule has 3 atom stereocenters. The van der Waals surface area contributed by atoms with Crippen molar-refractivity contribution in [2.75, 3.05) is 20.2 Å². The van der Waals surface area contributed by atoms with Crippen LogP contribution < -0.4 is 0 Å². The molecule has 0 saturated carbocycles. The van der Waals surface area contributed by atoms with E-state index < -0.39 is 4.87 Å². The molecule has 0 N–H and O–H groups in total. The zero-order valence-corrected chi connectivity index (χ0v) is 11.2. The van der Waals surface area contributed by atoms with Gasteiger partial charge in [-0.1, -0.05) is 25.5 Å². The topological polar surface area (TPSA) is 29.5 Å². The first-order chi connectivity index (χ1) is 8.11. The van der Waals surface area contributed by atoms with Crippen molar-refractivity contribution >= 4 is 17.6 Å². The Morgan fingerprint density at radius 3 is 2.94 bits per heavy atom. The average molecular weight is 258 g/mol. The second-order valence-corrected chi connectivity index (χ2v) is 5.67. The summed E-state index contributed by atoms with van der Waals surface area (Å²) >= 11 is 6.53. The summed E-state index contributed by atoms with van der Waals surface area (Å²) in [5.41, 5.74) is 0. The molecule has 4 heteroatoms.